The zero-order valence-electron chi connectivity index (χ0n) is 16.2. The first-order valence-electron chi connectivity index (χ1n) is 9.58. The number of piperidine rings is 1. The lowest BCUT2D eigenvalue weighted by Crippen LogP contribution is -2.38. The van der Waals surface area contributed by atoms with Crippen LogP contribution in [0.15, 0.2) is 36.7 Å². The van der Waals surface area contributed by atoms with Crippen LogP contribution in [0.3, 0.4) is 0 Å². The molecular formula is C21H22F4N4. The van der Waals surface area contributed by atoms with Gasteiger partial charge in [0.05, 0.1) is 23.8 Å². The van der Waals surface area contributed by atoms with Crippen molar-refractivity contribution in [2.24, 2.45) is 13.0 Å². The Balaban J connectivity index is 1.48. The van der Waals surface area contributed by atoms with Crippen molar-refractivity contribution in [3.05, 3.63) is 59.4 Å². The summed E-state index contributed by atoms with van der Waals surface area (Å²) in [6, 6.07) is 4.81. The second-order valence-corrected chi connectivity index (χ2v) is 7.79. The Hall–Kier alpha value is -2.48. The molecule has 29 heavy (non-hydrogen) atoms. The zero-order chi connectivity index (χ0) is 20.8. The Kier molecular flexibility index (Phi) is 5.06. The molecule has 0 aliphatic carbocycles. The second kappa shape index (κ2) is 7.40. The van der Waals surface area contributed by atoms with Gasteiger partial charge in [-0.3, -0.25) is 9.88 Å². The number of aryl methyl sites for hydroxylation is 1. The van der Waals surface area contributed by atoms with Crippen LogP contribution in [0.2, 0.25) is 0 Å². The summed E-state index contributed by atoms with van der Waals surface area (Å²) in [6.07, 6.45) is -0.370. The lowest BCUT2D eigenvalue weighted by molar-refractivity contribution is -0.137. The Bertz CT molecular complexity index is 1030. The summed E-state index contributed by atoms with van der Waals surface area (Å²) in [5, 5.41) is 0. The fraction of sp³-hybridized carbons (Fsp3) is 0.429. The number of rotatable bonds is 3. The third kappa shape index (κ3) is 3.85. The number of nitrogens with zero attached hydrogens (tertiary/aromatic N) is 4. The molecule has 1 aliphatic rings. The minimum Gasteiger partial charge on any atom is -0.330 e. The Morgan fingerprint density at radius 1 is 1.21 bits per heavy atom. The maximum absolute atomic E-state index is 14.4. The molecule has 1 fully saturated rings. The van der Waals surface area contributed by atoms with Crippen LogP contribution in [0, 0.1) is 11.7 Å². The molecule has 0 amide bonds. The van der Waals surface area contributed by atoms with Gasteiger partial charge in [-0.05, 0) is 48.6 Å². The number of benzene rings is 1. The van der Waals surface area contributed by atoms with Crippen molar-refractivity contribution in [2.75, 3.05) is 13.1 Å². The molecule has 4 nitrogen and oxygen atoms in total. The topological polar surface area (TPSA) is 34.0 Å². The third-order valence-corrected chi connectivity index (χ3v) is 5.86. The van der Waals surface area contributed by atoms with Crippen molar-refractivity contribution in [1.29, 1.82) is 0 Å². The summed E-state index contributed by atoms with van der Waals surface area (Å²) in [5.74, 6) is 0.178. The molecule has 1 aliphatic heterocycles. The van der Waals surface area contributed by atoms with Crippen LogP contribution >= 0.6 is 0 Å². The van der Waals surface area contributed by atoms with E-state index >= 15 is 0 Å². The monoisotopic (exact) mass is 406 g/mol. The number of alkyl halides is 3. The summed E-state index contributed by atoms with van der Waals surface area (Å²) in [4.78, 5) is 11.0. The first kappa shape index (κ1) is 19.8. The minimum atomic E-state index is -4.53. The zero-order valence-corrected chi connectivity index (χ0v) is 16.2. The average molecular weight is 406 g/mol. The molecule has 154 valence electrons. The number of aromatic nitrogens is 3. The van der Waals surface area contributed by atoms with E-state index in [0.717, 1.165) is 36.0 Å². The molecule has 0 N–H and O–H groups in total. The van der Waals surface area contributed by atoms with Gasteiger partial charge in [0.2, 0.25) is 0 Å². The van der Waals surface area contributed by atoms with E-state index in [1.807, 2.05) is 24.6 Å². The molecule has 3 aromatic rings. The number of pyridine rings is 1. The normalized spacial score (nSPS) is 21.0. The standard InChI is InChI=1S/C21H22F4N4/c1-13-11-29(12-20-27-18-10-26-7-5-19(18)28(20)2)8-6-15(13)16-4-3-14(9-17(16)22)21(23,24)25/h3-5,7,9-10,13,15H,6,8,11-12H2,1-2H3/t13-,15+/m1/s1. The van der Waals surface area contributed by atoms with Gasteiger partial charge in [0, 0.05) is 19.8 Å². The predicted octanol–water partition coefficient (Wildman–Crippen LogP) is 4.75. The average Bonchev–Trinajstić information content (AvgIpc) is 2.97. The minimum absolute atomic E-state index is 0.0989. The Morgan fingerprint density at radius 3 is 2.66 bits per heavy atom. The van der Waals surface area contributed by atoms with Gasteiger partial charge >= 0.3 is 6.18 Å². The molecule has 4 rings (SSSR count). The molecule has 0 saturated carbocycles. The van der Waals surface area contributed by atoms with Crippen LogP contribution < -0.4 is 0 Å². The summed E-state index contributed by atoms with van der Waals surface area (Å²) in [7, 11) is 1.97. The number of fused-ring (bicyclic) bond motifs is 1. The van der Waals surface area contributed by atoms with Gasteiger partial charge in [-0.15, -0.1) is 0 Å². The smallest absolute Gasteiger partial charge is 0.330 e. The Morgan fingerprint density at radius 2 is 2.00 bits per heavy atom. The third-order valence-electron chi connectivity index (χ3n) is 5.86. The van der Waals surface area contributed by atoms with Crippen LogP contribution in [-0.4, -0.2) is 32.5 Å². The van der Waals surface area contributed by atoms with E-state index in [9.17, 15) is 17.6 Å². The lowest BCUT2D eigenvalue weighted by Gasteiger charge is -2.37. The molecule has 0 radical (unpaired) electrons. The number of hydrogen-bond acceptors (Lipinski definition) is 3. The second-order valence-electron chi connectivity index (χ2n) is 7.79. The van der Waals surface area contributed by atoms with Crippen molar-refractivity contribution < 1.29 is 17.6 Å². The highest BCUT2D eigenvalue weighted by Crippen LogP contribution is 2.37. The van der Waals surface area contributed by atoms with Crippen molar-refractivity contribution >= 4 is 11.0 Å². The molecular weight excluding hydrogens is 384 g/mol. The van der Waals surface area contributed by atoms with Crippen molar-refractivity contribution in [1.82, 2.24) is 19.4 Å². The number of likely N-dealkylation sites (tertiary alicyclic amines) is 1. The fourth-order valence-corrected chi connectivity index (χ4v) is 4.28. The molecule has 3 heterocycles. The van der Waals surface area contributed by atoms with Crippen LogP contribution in [0.5, 0.6) is 0 Å². The molecule has 0 bridgehead atoms. The van der Waals surface area contributed by atoms with Crippen LogP contribution in [0.1, 0.15) is 36.2 Å². The van der Waals surface area contributed by atoms with Crippen LogP contribution in [0.25, 0.3) is 11.0 Å². The summed E-state index contributed by atoms with van der Waals surface area (Å²) < 4.78 is 54.9. The maximum atomic E-state index is 14.4. The highest BCUT2D eigenvalue weighted by Gasteiger charge is 2.34. The molecule has 2 aromatic heterocycles. The van der Waals surface area contributed by atoms with Crippen molar-refractivity contribution in [3.8, 4) is 0 Å². The van der Waals surface area contributed by atoms with Gasteiger partial charge in [-0.2, -0.15) is 13.2 Å². The number of imidazole rings is 1. The van der Waals surface area contributed by atoms with Crippen LogP contribution in [-0.2, 0) is 19.8 Å². The molecule has 1 aromatic carbocycles. The summed E-state index contributed by atoms with van der Waals surface area (Å²) in [5.41, 5.74) is 1.30. The summed E-state index contributed by atoms with van der Waals surface area (Å²) in [6.45, 7) is 4.15. The predicted molar refractivity (Wildman–Crippen MR) is 102 cm³/mol. The first-order valence-corrected chi connectivity index (χ1v) is 9.58. The largest absolute Gasteiger partial charge is 0.416 e. The van der Waals surface area contributed by atoms with Gasteiger partial charge in [-0.25, -0.2) is 9.37 Å². The van der Waals surface area contributed by atoms with Gasteiger partial charge in [-0.1, -0.05) is 13.0 Å². The molecule has 1 saturated heterocycles. The fourth-order valence-electron chi connectivity index (χ4n) is 4.28. The lowest BCUT2D eigenvalue weighted by atomic mass is 9.81. The quantitative estimate of drug-likeness (QED) is 0.589. The van der Waals surface area contributed by atoms with E-state index in [4.69, 9.17) is 0 Å². The van der Waals surface area contributed by atoms with E-state index in [1.165, 1.54) is 6.07 Å². The van der Waals surface area contributed by atoms with Gasteiger partial charge in [0.1, 0.15) is 17.2 Å². The first-order chi connectivity index (χ1) is 13.7. The SMILES string of the molecule is C[C@@H]1CN(Cc2nc3cnccc3n2C)CC[C@@H]1c1ccc(C(F)(F)F)cc1F. The van der Waals surface area contributed by atoms with Crippen LogP contribution in [0.4, 0.5) is 17.6 Å². The number of hydrogen-bond donors (Lipinski definition) is 0. The van der Waals surface area contributed by atoms with Gasteiger partial charge < -0.3 is 4.57 Å². The van der Waals surface area contributed by atoms with E-state index in [2.05, 4.69) is 14.9 Å². The van der Waals surface area contributed by atoms with Gasteiger partial charge in [0.25, 0.3) is 0 Å². The van der Waals surface area contributed by atoms with E-state index in [0.29, 0.717) is 24.6 Å². The Labute approximate surface area is 166 Å². The van der Waals surface area contributed by atoms with Gasteiger partial charge in [0.15, 0.2) is 0 Å². The molecule has 2 atom stereocenters. The maximum Gasteiger partial charge on any atom is 0.416 e. The number of halogens is 4. The highest BCUT2D eigenvalue weighted by molar-refractivity contribution is 5.74. The van der Waals surface area contributed by atoms with Crippen molar-refractivity contribution in [2.45, 2.75) is 32.0 Å². The van der Waals surface area contributed by atoms with Crippen molar-refractivity contribution in [3.63, 3.8) is 0 Å². The van der Waals surface area contributed by atoms with E-state index < -0.39 is 17.6 Å². The van der Waals surface area contributed by atoms with E-state index in [-0.39, 0.29) is 11.8 Å². The highest BCUT2D eigenvalue weighted by atomic mass is 19.4. The molecule has 0 spiro atoms. The summed E-state index contributed by atoms with van der Waals surface area (Å²) >= 11 is 0. The van der Waals surface area contributed by atoms with E-state index in [1.54, 1.807) is 12.4 Å². The molecule has 0 unspecified atom stereocenters. The molecule has 8 heteroatoms.